The highest BCUT2D eigenvalue weighted by molar-refractivity contribution is 6.00. The van der Waals surface area contributed by atoms with Gasteiger partial charge in [-0.15, -0.1) is 0 Å². The molecule has 0 amide bonds. The maximum Gasteiger partial charge on any atom is 0.168 e. The van der Waals surface area contributed by atoms with Crippen LogP contribution in [0.15, 0.2) is 30.3 Å². The molecule has 0 saturated carbocycles. The molecular formula is C19H30O. The third-order valence-electron chi connectivity index (χ3n) is 3.58. The Bertz CT molecular complexity index is 446. The minimum Gasteiger partial charge on any atom is -0.294 e. The van der Waals surface area contributed by atoms with E-state index >= 15 is 0 Å². The van der Waals surface area contributed by atoms with Crippen LogP contribution in [0.5, 0.6) is 0 Å². The van der Waals surface area contributed by atoms with Gasteiger partial charge in [-0.1, -0.05) is 78.8 Å². The number of hydrogen-bond donors (Lipinski definition) is 0. The second-order valence-electron chi connectivity index (χ2n) is 8.66. The summed E-state index contributed by atoms with van der Waals surface area (Å²) < 4.78 is 0. The molecule has 112 valence electrons. The zero-order valence-electron chi connectivity index (χ0n) is 14.2. The summed E-state index contributed by atoms with van der Waals surface area (Å²) in [5.41, 5.74) is 0.946. The summed E-state index contributed by atoms with van der Waals surface area (Å²) in [7, 11) is 0. The van der Waals surface area contributed by atoms with Crippen molar-refractivity contribution in [1.82, 2.24) is 0 Å². The van der Waals surface area contributed by atoms with Gasteiger partial charge in [-0.25, -0.2) is 0 Å². The highest BCUT2D eigenvalue weighted by atomic mass is 16.1. The Labute approximate surface area is 124 Å². The topological polar surface area (TPSA) is 17.1 Å². The monoisotopic (exact) mass is 274 g/mol. The third-order valence-corrected chi connectivity index (χ3v) is 3.58. The van der Waals surface area contributed by atoms with Crippen molar-refractivity contribution in [2.24, 2.45) is 16.2 Å². The lowest BCUT2D eigenvalue weighted by Gasteiger charge is -2.38. The molecule has 0 aromatic heterocycles. The van der Waals surface area contributed by atoms with Crippen molar-refractivity contribution >= 4 is 5.78 Å². The first-order valence-corrected chi connectivity index (χ1v) is 7.53. The van der Waals surface area contributed by atoms with Crippen LogP contribution in [0.1, 0.15) is 71.7 Å². The van der Waals surface area contributed by atoms with Crippen LogP contribution in [-0.2, 0) is 0 Å². The van der Waals surface area contributed by atoms with Gasteiger partial charge in [0.05, 0.1) is 0 Å². The summed E-state index contributed by atoms with van der Waals surface area (Å²) in [6.07, 6.45) is 2.02. The van der Waals surface area contributed by atoms with E-state index in [2.05, 4.69) is 48.5 Å². The van der Waals surface area contributed by atoms with Crippen LogP contribution in [0, 0.1) is 16.2 Å². The van der Waals surface area contributed by atoms with E-state index in [0.717, 1.165) is 18.4 Å². The van der Waals surface area contributed by atoms with Crippen LogP contribution in [-0.4, -0.2) is 5.78 Å². The summed E-state index contributed by atoms with van der Waals surface area (Å²) in [4.78, 5) is 12.7. The van der Waals surface area contributed by atoms with Gasteiger partial charge in [-0.2, -0.15) is 0 Å². The molecule has 1 heteroatoms. The highest BCUT2D eigenvalue weighted by Crippen LogP contribution is 2.42. The number of rotatable bonds is 5. The van der Waals surface area contributed by atoms with Gasteiger partial charge in [-0.3, -0.25) is 4.79 Å². The summed E-state index contributed by atoms with van der Waals surface area (Å²) >= 11 is 0. The maximum atomic E-state index is 12.7. The number of Topliss-reactive ketones (excluding diaryl/α,β-unsaturated/α-hetero) is 1. The molecule has 0 spiro atoms. The molecule has 1 aromatic rings. The van der Waals surface area contributed by atoms with E-state index in [0.29, 0.717) is 0 Å². The Balaban J connectivity index is 2.87. The molecule has 20 heavy (non-hydrogen) atoms. The van der Waals surface area contributed by atoms with Gasteiger partial charge in [0.15, 0.2) is 5.78 Å². The molecule has 1 rings (SSSR count). The van der Waals surface area contributed by atoms with Crippen LogP contribution in [0.25, 0.3) is 0 Å². The second-order valence-corrected chi connectivity index (χ2v) is 8.66. The van der Waals surface area contributed by atoms with Crippen LogP contribution in [0.2, 0.25) is 0 Å². The second kappa shape index (κ2) is 5.71. The van der Waals surface area contributed by atoms with Crippen LogP contribution in [0.3, 0.4) is 0 Å². The van der Waals surface area contributed by atoms with Crippen molar-refractivity contribution in [3.63, 3.8) is 0 Å². The molecule has 0 bridgehead atoms. The first kappa shape index (κ1) is 16.9. The quantitative estimate of drug-likeness (QED) is 0.625. The Morgan fingerprint density at radius 3 is 1.80 bits per heavy atom. The zero-order valence-corrected chi connectivity index (χ0v) is 14.2. The molecule has 0 N–H and O–H groups in total. The molecule has 0 saturated heterocycles. The molecular weight excluding hydrogens is 244 g/mol. The molecule has 1 nitrogen and oxygen atoms in total. The predicted octanol–water partition coefficient (Wildman–Crippen LogP) is 5.75. The lowest BCUT2D eigenvalue weighted by molar-refractivity contribution is 0.0709. The van der Waals surface area contributed by atoms with Crippen LogP contribution in [0.4, 0.5) is 0 Å². The van der Waals surface area contributed by atoms with E-state index in [4.69, 9.17) is 0 Å². The van der Waals surface area contributed by atoms with Gasteiger partial charge in [0, 0.05) is 11.0 Å². The Kier molecular flexibility index (Phi) is 4.84. The molecule has 0 atom stereocenters. The first-order valence-electron chi connectivity index (χ1n) is 7.53. The molecule has 1 aromatic carbocycles. The molecule has 0 heterocycles. The molecule has 0 radical (unpaired) electrons. The van der Waals surface area contributed by atoms with Gasteiger partial charge < -0.3 is 0 Å². The van der Waals surface area contributed by atoms with Crippen molar-refractivity contribution in [2.75, 3.05) is 0 Å². The molecule has 0 unspecified atom stereocenters. The van der Waals surface area contributed by atoms with E-state index in [1.807, 2.05) is 30.3 Å². The summed E-state index contributed by atoms with van der Waals surface area (Å²) in [5.74, 6) is 0.250. The maximum absolute atomic E-state index is 12.7. The number of carbonyl (C=O) groups is 1. The smallest absolute Gasteiger partial charge is 0.168 e. The minimum atomic E-state index is -0.323. The van der Waals surface area contributed by atoms with Gasteiger partial charge >= 0.3 is 0 Å². The predicted molar refractivity (Wildman–Crippen MR) is 87.0 cm³/mol. The highest BCUT2D eigenvalue weighted by Gasteiger charge is 2.36. The molecule has 0 aliphatic rings. The number of benzene rings is 1. The van der Waals surface area contributed by atoms with E-state index in [-0.39, 0.29) is 22.0 Å². The third kappa shape index (κ3) is 5.11. The number of carbonyl (C=O) groups excluding carboxylic acids is 1. The average Bonchev–Trinajstić information content (AvgIpc) is 2.24. The van der Waals surface area contributed by atoms with Crippen LogP contribution >= 0.6 is 0 Å². The number of hydrogen-bond acceptors (Lipinski definition) is 1. The van der Waals surface area contributed by atoms with Crippen molar-refractivity contribution in [1.29, 1.82) is 0 Å². The normalized spacial score (nSPS) is 13.3. The zero-order chi connectivity index (χ0) is 15.6. The van der Waals surface area contributed by atoms with E-state index in [1.54, 1.807) is 0 Å². The first-order chi connectivity index (χ1) is 8.93. The van der Waals surface area contributed by atoms with Crippen molar-refractivity contribution in [2.45, 2.75) is 61.3 Å². The summed E-state index contributed by atoms with van der Waals surface area (Å²) in [6.45, 7) is 15.5. The molecule has 0 fully saturated rings. The molecule has 0 aliphatic carbocycles. The van der Waals surface area contributed by atoms with Crippen molar-refractivity contribution in [3.05, 3.63) is 35.9 Å². The minimum absolute atomic E-state index is 0.159. The lowest BCUT2D eigenvalue weighted by atomic mass is 9.66. The standard InChI is InChI=1S/C19H30O/c1-17(2,3)13-18(4,5)14-19(6,7)16(20)15-11-9-8-10-12-15/h8-12H,13-14H2,1-7H3. The van der Waals surface area contributed by atoms with E-state index < -0.39 is 0 Å². The fourth-order valence-corrected chi connectivity index (χ4v) is 3.76. The van der Waals surface area contributed by atoms with Gasteiger partial charge in [0.25, 0.3) is 0 Å². The molecule has 0 aliphatic heterocycles. The summed E-state index contributed by atoms with van der Waals surface area (Å²) in [5, 5.41) is 0. The van der Waals surface area contributed by atoms with Crippen molar-refractivity contribution in [3.8, 4) is 0 Å². The van der Waals surface area contributed by atoms with Crippen molar-refractivity contribution < 1.29 is 4.79 Å². The van der Waals surface area contributed by atoms with Gasteiger partial charge in [-0.05, 0) is 23.7 Å². The fraction of sp³-hybridized carbons (Fsp3) is 0.632. The Hall–Kier alpha value is -1.11. The largest absolute Gasteiger partial charge is 0.294 e. The van der Waals surface area contributed by atoms with Crippen LogP contribution < -0.4 is 0 Å². The number of ketones is 1. The lowest BCUT2D eigenvalue weighted by Crippen LogP contribution is -2.32. The van der Waals surface area contributed by atoms with Gasteiger partial charge in [0.2, 0.25) is 0 Å². The van der Waals surface area contributed by atoms with Gasteiger partial charge in [0.1, 0.15) is 0 Å². The summed E-state index contributed by atoms with van der Waals surface area (Å²) in [6, 6.07) is 9.65. The average molecular weight is 274 g/mol. The Morgan fingerprint density at radius 1 is 0.850 bits per heavy atom. The van der Waals surface area contributed by atoms with E-state index in [1.165, 1.54) is 0 Å². The Morgan fingerprint density at radius 2 is 1.35 bits per heavy atom. The van der Waals surface area contributed by atoms with E-state index in [9.17, 15) is 4.79 Å². The SMILES string of the molecule is CC(C)(C)CC(C)(C)CC(C)(C)C(=O)c1ccccc1. The fourth-order valence-electron chi connectivity index (χ4n) is 3.76.